The summed E-state index contributed by atoms with van der Waals surface area (Å²) in [6, 6.07) is 9.13. The van der Waals surface area contributed by atoms with Gasteiger partial charge >= 0.3 is 0 Å². The van der Waals surface area contributed by atoms with Gasteiger partial charge < -0.3 is 4.74 Å². The van der Waals surface area contributed by atoms with E-state index in [0.717, 1.165) is 6.07 Å². The van der Waals surface area contributed by atoms with Crippen molar-refractivity contribution in [2.24, 2.45) is 0 Å². The molecule has 0 spiro atoms. The number of ether oxygens (including phenoxy) is 1. The van der Waals surface area contributed by atoms with Gasteiger partial charge in [-0.1, -0.05) is 11.6 Å². The summed E-state index contributed by atoms with van der Waals surface area (Å²) in [5, 5.41) is 8.84. The zero-order valence-electron chi connectivity index (χ0n) is 8.52. The summed E-state index contributed by atoms with van der Waals surface area (Å²) in [4.78, 5) is 3.90. The van der Waals surface area contributed by atoms with Gasteiger partial charge in [0.2, 0.25) is 5.88 Å². The number of rotatable bonds is 2. The first-order chi connectivity index (χ1) is 8.20. The van der Waals surface area contributed by atoms with Gasteiger partial charge in [-0.25, -0.2) is 9.37 Å². The number of hydrogen-bond acceptors (Lipinski definition) is 3. The Bertz CT molecular complexity index is 595. The first kappa shape index (κ1) is 11.4. The molecule has 1 aromatic carbocycles. The standard InChI is InChI=1S/C12H6ClFN2O/c13-10-4-3-9(6-11(10)14)17-12-8(7-15)2-1-5-16-12/h1-6H. The number of pyridine rings is 1. The van der Waals surface area contributed by atoms with Crippen molar-refractivity contribution in [3.63, 3.8) is 0 Å². The molecule has 17 heavy (non-hydrogen) atoms. The largest absolute Gasteiger partial charge is 0.438 e. The molecule has 0 radical (unpaired) electrons. The summed E-state index contributed by atoms with van der Waals surface area (Å²) in [7, 11) is 0. The van der Waals surface area contributed by atoms with E-state index in [4.69, 9.17) is 21.6 Å². The Hall–Kier alpha value is -2.12. The molecule has 0 amide bonds. The molecule has 84 valence electrons. The molecule has 0 aliphatic heterocycles. The van der Waals surface area contributed by atoms with Crippen LogP contribution in [-0.2, 0) is 0 Å². The summed E-state index contributed by atoms with van der Waals surface area (Å²) in [5.74, 6) is -0.211. The van der Waals surface area contributed by atoms with Crippen molar-refractivity contribution in [1.29, 1.82) is 5.26 Å². The van der Waals surface area contributed by atoms with Crippen LogP contribution < -0.4 is 4.74 Å². The fourth-order valence-corrected chi connectivity index (χ4v) is 1.33. The lowest BCUT2D eigenvalue weighted by atomic mass is 10.3. The highest BCUT2D eigenvalue weighted by molar-refractivity contribution is 6.30. The molecular weight excluding hydrogens is 243 g/mol. The van der Waals surface area contributed by atoms with E-state index in [2.05, 4.69) is 4.98 Å². The number of benzene rings is 1. The van der Waals surface area contributed by atoms with Crippen LogP contribution in [0.1, 0.15) is 5.56 Å². The van der Waals surface area contributed by atoms with Crippen LogP contribution in [0.15, 0.2) is 36.5 Å². The molecule has 5 heteroatoms. The van der Waals surface area contributed by atoms with Gasteiger partial charge in [0.25, 0.3) is 0 Å². The van der Waals surface area contributed by atoms with Crippen LogP contribution in [0.3, 0.4) is 0 Å². The SMILES string of the molecule is N#Cc1cccnc1Oc1ccc(Cl)c(F)c1. The predicted molar refractivity (Wildman–Crippen MR) is 60.4 cm³/mol. The van der Waals surface area contributed by atoms with Crippen molar-refractivity contribution >= 4 is 11.6 Å². The molecule has 0 N–H and O–H groups in total. The van der Waals surface area contributed by atoms with Crippen LogP contribution in [0, 0.1) is 17.1 Å². The molecule has 3 nitrogen and oxygen atoms in total. The summed E-state index contributed by atoms with van der Waals surface area (Å²) >= 11 is 5.54. The molecule has 2 rings (SSSR count). The highest BCUT2D eigenvalue weighted by Crippen LogP contribution is 2.25. The van der Waals surface area contributed by atoms with Gasteiger partial charge in [0.05, 0.1) is 5.02 Å². The first-order valence-electron chi connectivity index (χ1n) is 4.69. The maximum Gasteiger partial charge on any atom is 0.237 e. The van der Waals surface area contributed by atoms with E-state index >= 15 is 0 Å². The van der Waals surface area contributed by atoms with E-state index in [1.54, 1.807) is 12.1 Å². The number of nitriles is 1. The monoisotopic (exact) mass is 248 g/mol. The highest BCUT2D eigenvalue weighted by Gasteiger charge is 2.07. The maximum absolute atomic E-state index is 13.2. The highest BCUT2D eigenvalue weighted by atomic mass is 35.5. The van der Waals surface area contributed by atoms with Crippen LogP contribution in [-0.4, -0.2) is 4.98 Å². The summed E-state index contributed by atoms with van der Waals surface area (Å²) in [6.45, 7) is 0. The molecule has 0 fully saturated rings. The molecule has 2 aromatic rings. The second-order valence-electron chi connectivity index (χ2n) is 3.15. The molecule has 0 saturated carbocycles. The number of aromatic nitrogens is 1. The second kappa shape index (κ2) is 4.81. The van der Waals surface area contributed by atoms with Crippen LogP contribution in [0.5, 0.6) is 11.6 Å². The van der Waals surface area contributed by atoms with Crippen molar-refractivity contribution in [1.82, 2.24) is 4.98 Å². The molecule has 0 saturated heterocycles. The normalized spacial score (nSPS) is 9.71. The Morgan fingerprint density at radius 2 is 2.18 bits per heavy atom. The lowest BCUT2D eigenvalue weighted by Crippen LogP contribution is -1.91. The van der Waals surface area contributed by atoms with Crippen LogP contribution in [0.25, 0.3) is 0 Å². The van der Waals surface area contributed by atoms with Gasteiger partial charge in [-0.05, 0) is 24.3 Å². The molecule has 1 aromatic heterocycles. The summed E-state index contributed by atoms with van der Waals surface area (Å²) in [6.07, 6.45) is 1.49. The average molecular weight is 249 g/mol. The van der Waals surface area contributed by atoms with E-state index in [0.29, 0.717) is 0 Å². The summed E-state index contributed by atoms with van der Waals surface area (Å²) in [5.41, 5.74) is 0.280. The van der Waals surface area contributed by atoms with Crippen LogP contribution in [0.4, 0.5) is 4.39 Å². The van der Waals surface area contributed by atoms with Gasteiger partial charge in [-0.15, -0.1) is 0 Å². The third kappa shape index (κ3) is 2.52. The van der Waals surface area contributed by atoms with E-state index in [1.807, 2.05) is 6.07 Å². The zero-order chi connectivity index (χ0) is 12.3. The van der Waals surface area contributed by atoms with Crippen molar-refractivity contribution < 1.29 is 9.13 Å². The average Bonchev–Trinajstić information content (AvgIpc) is 2.34. The maximum atomic E-state index is 13.2. The molecule has 0 bridgehead atoms. The fourth-order valence-electron chi connectivity index (χ4n) is 1.21. The molecule has 0 unspecified atom stereocenters. The topological polar surface area (TPSA) is 45.9 Å². The van der Waals surface area contributed by atoms with E-state index in [1.165, 1.54) is 18.3 Å². The van der Waals surface area contributed by atoms with Crippen molar-refractivity contribution in [3.8, 4) is 17.7 Å². The Labute approximate surface area is 102 Å². The number of hydrogen-bond donors (Lipinski definition) is 0. The Balaban J connectivity index is 2.32. The van der Waals surface area contributed by atoms with Crippen LogP contribution >= 0.6 is 11.6 Å². The van der Waals surface area contributed by atoms with E-state index in [-0.39, 0.29) is 22.2 Å². The smallest absolute Gasteiger partial charge is 0.237 e. The Morgan fingerprint density at radius 1 is 1.35 bits per heavy atom. The van der Waals surface area contributed by atoms with Gasteiger partial charge in [0, 0.05) is 12.3 Å². The second-order valence-corrected chi connectivity index (χ2v) is 3.55. The van der Waals surface area contributed by atoms with Gasteiger partial charge in [-0.3, -0.25) is 0 Å². The molecule has 1 heterocycles. The zero-order valence-corrected chi connectivity index (χ0v) is 9.28. The Morgan fingerprint density at radius 3 is 2.88 bits per heavy atom. The Kier molecular flexibility index (Phi) is 3.22. The predicted octanol–water partition coefficient (Wildman–Crippen LogP) is 3.54. The van der Waals surface area contributed by atoms with Crippen molar-refractivity contribution in [2.45, 2.75) is 0 Å². The van der Waals surface area contributed by atoms with Gasteiger partial charge in [-0.2, -0.15) is 5.26 Å². The minimum absolute atomic E-state index is 0.0128. The van der Waals surface area contributed by atoms with E-state index in [9.17, 15) is 4.39 Å². The number of halogens is 2. The van der Waals surface area contributed by atoms with Gasteiger partial charge in [0.1, 0.15) is 23.2 Å². The first-order valence-corrected chi connectivity index (χ1v) is 5.06. The number of nitrogens with zero attached hydrogens (tertiary/aromatic N) is 2. The minimum Gasteiger partial charge on any atom is -0.438 e. The molecular formula is C12H6ClFN2O. The minimum atomic E-state index is -0.585. The quantitative estimate of drug-likeness (QED) is 0.817. The lowest BCUT2D eigenvalue weighted by molar-refractivity contribution is 0.456. The fraction of sp³-hybridized carbons (Fsp3) is 0. The molecule has 0 atom stereocenters. The molecule has 0 aliphatic carbocycles. The van der Waals surface area contributed by atoms with Crippen molar-refractivity contribution in [3.05, 3.63) is 52.9 Å². The third-order valence-corrected chi connectivity index (χ3v) is 2.30. The third-order valence-electron chi connectivity index (χ3n) is 2.00. The molecule has 0 aliphatic rings. The summed E-state index contributed by atoms with van der Waals surface area (Å²) < 4.78 is 18.5. The van der Waals surface area contributed by atoms with E-state index < -0.39 is 5.82 Å². The van der Waals surface area contributed by atoms with Crippen molar-refractivity contribution in [2.75, 3.05) is 0 Å². The lowest BCUT2D eigenvalue weighted by Gasteiger charge is -2.06. The van der Waals surface area contributed by atoms with Crippen LogP contribution in [0.2, 0.25) is 5.02 Å². The van der Waals surface area contributed by atoms with Gasteiger partial charge in [0.15, 0.2) is 0 Å².